The molecular formula is C12H11ClFN3O2S. The molecule has 1 aromatic heterocycles. The highest BCUT2D eigenvalue weighted by atomic mass is 35.5. The Bertz CT molecular complexity index is 745. The number of hydrogen-bond donors (Lipinski definition) is 2. The number of aromatic nitrogens is 1. The number of anilines is 2. The van der Waals surface area contributed by atoms with E-state index < -0.39 is 21.5 Å². The molecule has 0 saturated carbocycles. The summed E-state index contributed by atoms with van der Waals surface area (Å²) in [5.41, 5.74) is 5.73. The van der Waals surface area contributed by atoms with Crippen molar-refractivity contribution in [3.63, 3.8) is 0 Å². The second-order valence-electron chi connectivity index (χ2n) is 4.05. The zero-order valence-electron chi connectivity index (χ0n) is 10.4. The lowest BCUT2D eigenvalue weighted by Crippen LogP contribution is -2.16. The van der Waals surface area contributed by atoms with Gasteiger partial charge in [-0.05, 0) is 30.7 Å². The fourth-order valence-corrected chi connectivity index (χ4v) is 3.18. The van der Waals surface area contributed by atoms with Crippen LogP contribution < -0.4 is 10.5 Å². The molecule has 0 radical (unpaired) electrons. The lowest BCUT2D eigenvalue weighted by atomic mass is 10.3. The lowest BCUT2D eigenvalue weighted by Gasteiger charge is -2.13. The Morgan fingerprint density at radius 1 is 1.35 bits per heavy atom. The van der Waals surface area contributed by atoms with E-state index in [0.717, 1.165) is 6.07 Å². The van der Waals surface area contributed by atoms with E-state index in [9.17, 15) is 12.8 Å². The van der Waals surface area contributed by atoms with Gasteiger partial charge in [0.1, 0.15) is 10.7 Å². The minimum Gasteiger partial charge on any atom is -0.395 e. The quantitative estimate of drug-likeness (QED) is 0.673. The summed E-state index contributed by atoms with van der Waals surface area (Å²) < 4.78 is 40.1. The summed E-state index contributed by atoms with van der Waals surface area (Å²) in [4.78, 5) is 3.44. The van der Waals surface area contributed by atoms with E-state index in [1.807, 2.05) is 0 Å². The van der Waals surface area contributed by atoms with Crippen LogP contribution in [0, 0.1) is 12.7 Å². The van der Waals surface area contributed by atoms with Crippen LogP contribution in [0.1, 0.15) is 5.56 Å². The monoisotopic (exact) mass is 315 g/mol. The van der Waals surface area contributed by atoms with E-state index in [-0.39, 0.29) is 15.7 Å². The van der Waals surface area contributed by atoms with Gasteiger partial charge in [0, 0.05) is 6.20 Å². The molecule has 106 valence electrons. The van der Waals surface area contributed by atoms with Crippen LogP contribution in [-0.4, -0.2) is 13.4 Å². The molecule has 2 rings (SSSR count). The van der Waals surface area contributed by atoms with Gasteiger partial charge in [0.2, 0.25) is 0 Å². The average Bonchev–Trinajstić information content (AvgIpc) is 2.37. The van der Waals surface area contributed by atoms with Crippen LogP contribution in [0.15, 0.2) is 35.4 Å². The maximum atomic E-state index is 13.4. The standard InChI is InChI=1S/C12H11ClFN3O2S/c1-7-5-6-16-12(13)11(7)17-20(18,19)9-4-2-3-8(14)10(9)15/h2-6,17H,15H2,1H3. The van der Waals surface area contributed by atoms with Gasteiger partial charge in [-0.3, -0.25) is 4.72 Å². The summed E-state index contributed by atoms with van der Waals surface area (Å²) in [6.07, 6.45) is 1.45. The van der Waals surface area contributed by atoms with Crippen molar-refractivity contribution in [3.8, 4) is 0 Å². The molecule has 0 saturated heterocycles. The number of nitrogen functional groups attached to an aromatic ring is 1. The van der Waals surface area contributed by atoms with Crippen molar-refractivity contribution in [2.45, 2.75) is 11.8 Å². The molecule has 0 atom stereocenters. The topological polar surface area (TPSA) is 85.1 Å². The third-order valence-corrected chi connectivity index (χ3v) is 4.35. The molecule has 0 aliphatic carbocycles. The second-order valence-corrected chi connectivity index (χ2v) is 6.06. The van der Waals surface area contributed by atoms with Gasteiger partial charge in [0.25, 0.3) is 10.0 Å². The summed E-state index contributed by atoms with van der Waals surface area (Å²) in [5.74, 6) is -0.804. The molecule has 20 heavy (non-hydrogen) atoms. The molecule has 0 unspecified atom stereocenters. The number of nitrogens with two attached hydrogens (primary N) is 1. The molecule has 1 aromatic carbocycles. The zero-order chi connectivity index (χ0) is 14.9. The number of benzene rings is 1. The van der Waals surface area contributed by atoms with Gasteiger partial charge in [-0.1, -0.05) is 17.7 Å². The van der Waals surface area contributed by atoms with Gasteiger partial charge in [0.05, 0.1) is 11.4 Å². The minimum absolute atomic E-state index is 0.00329. The summed E-state index contributed by atoms with van der Waals surface area (Å²) in [6.45, 7) is 1.67. The summed E-state index contributed by atoms with van der Waals surface area (Å²) in [6, 6.07) is 5.15. The molecule has 2 aromatic rings. The SMILES string of the molecule is Cc1ccnc(Cl)c1NS(=O)(=O)c1cccc(F)c1N. The van der Waals surface area contributed by atoms with Gasteiger partial charge in [-0.15, -0.1) is 0 Å². The number of nitrogens with zero attached hydrogens (tertiary/aromatic N) is 1. The second kappa shape index (κ2) is 5.26. The fourth-order valence-electron chi connectivity index (χ4n) is 1.59. The van der Waals surface area contributed by atoms with Crippen LogP contribution in [0.2, 0.25) is 5.15 Å². The van der Waals surface area contributed by atoms with Crippen molar-refractivity contribution in [2.75, 3.05) is 10.5 Å². The number of pyridine rings is 1. The Hall–Kier alpha value is -1.86. The highest BCUT2D eigenvalue weighted by Crippen LogP contribution is 2.28. The Kier molecular flexibility index (Phi) is 3.82. The van der Waals surface area contributed by atoms with Gasteiger partial charge >= 0.3 is 0 Å². The molecule has 0 bridgehead atoms. The normalized spacial score (nSPS) is 11.3. The van der Waals surface area contributed by atoms with Crippen LogP contribution in [0.4, 0.5) is 15.8 Å². The smallest absolute Gasteiger partial charge is 0.264 e. The van der Waals surface area contributed by atoms with Crippen LogP contribution in [0.25, 0.3) is 0 Å². The van der Waals surface area contributed by atoms with Crippen LogP contribution in [-0.2, 0) is 10.0 Å². The third-order valence-electron chi connectivity index (χ3n) is 2.65. The molecule has 0 amide bonds. The van der Waals surface area contributed by atoms with E-state index in [1.54, 1.807) is 13.0 Å². The highest BCUT2D eigenvalue weighted by molar-refractivity contribution is 7.92. The molecule has 0 spiro atoms. The van der Waals surface area contributed by atoms with Gasteiger partial charge in [-0.2, -0.15) is 0 Å². The number of nitrogens with one attached hydrogen (secondary N) is 1. The Balaban J connectivity index is 2.50. The Labute approximate surface area is 120 Å². The molecule has 0 aliphatic rings. The van der Waals surface area contributed by atoms with Gasteiger partial charge in [0.15, 0.2) is 5.15 Å². The van der Waals surface area contributed by atoms with Crippen molar-refractivity contribution in [1.82, 2.24) is 4.98 Å². The van der Waals surface area contributed by atoms with E-state index in [1.165, 1.54) is 18.3 Å². The van der Waals surface area contributed by atoms with Crippen molar-refractivity contribution in [2.24, 2.45) is 0 Å². The van der Waals surface area contributed by atoms with Crippen LogP contribution in [0.5, 0.6) is 0 Å². The first-order valence-corrected chi connectivity index (χ1v) is 7.37. The number of sulfonamides is 1. The molecule has 0 fully saturated rings. The number of aryl methyl sites for hydroxylation is 1. The Morgan fingerprint density at radius 3 is 2.70 bits per heavy atom. The highest BCUT2D eigenvalue weighted by Gasteiger charge is 2.21. The minimum atomic E-state index is -4.05. The maximum absolute atomic E-state index is 13.4. The largest absolute Gasteiger partial charge is 0.395 e. The predicted octanol–water partition coefficient (Wildman–Crippen LogP) is 2.57. The lowest BCUT2D eigenvalue weighted by molar-refractivity contribution is 0.597. The molecule has 0 aliphatic heterocycles. The summed E-state index contributed by atoms with van der Waals surface area (Å²) in [5, 5.41) is 0.00329. The van der Waals surface area contributed by atoms with Crippen molar-refractivity contribution in [3.05, 3.63) is 47.0 Å². The first-order valence-electron chi connectivity index (χ1n) is 5.51. The number of para-hydroxylation sites is 1. The number of halogens is 2. The summed E-state index contributed by atoms with van der Waals surface area (Å²) >= 11 is 5.85. The molecular weight excluding hydrogens is 305 g/mol. The Morgan fingerprint density at radius 2 is 2.05 bits per heavy atom. The number of hydrogen-bond acceptors (Lipinski definition) is 4. The van der Waals surface area contributed by atoms with E-state index in [2.05, 4.69) is 9.71 Å². The van der Waals surface area contributed by atoms with E-state index >= 15 is 0 Å². The fraction of sp³-hybridized carbons (Fsp3) is 0.0833. The van der Waals surface area contributed by atoms with Crippen LogP contribution in [0.3, 0.4) is 0 Å². The average molecular weight is 316 g/mol. The number of rotatable bonds is 3. The van der Waals surface area contributed by atoms with E-state index in [4.69, 9.17) is 17.3 Å². The first-order chi connectivity index (χ1) is 9.33. The van der Waals surface area contributed by atoms with Gasteiger partial charge < -0.3 is 5.73 Å². The van der Waals surface area contributed by atoms with E-state index in [0.29, 0.717) is 5.56 Å². The molecule has 5 nitrogen and oxygen atoms in total. The molecule has 3 N–H and O–H groups in total. The molecule has 8 heteroatoms. The summed E-state index contributed by atoms with van der Waals surface area (Å²) in [7, 11) is -4.05. The maximum Gasteiger partial charge on any atom is 0.264 e. The van der Waals surface area contributed by atoms with Gasteiger partial charge in [-0.25, -0.2) is 17.8 Å². The predicted molar refractivity (Wildman–Crippen MR) is 75.6 cm³/mol. The first kappa shape index (κ1) is 14.5. The van der Waals surface area contributed by atoms with Crippen LogP contribution >= 0.6 is 11.6 Å². The molecule has 1 heterocycles. The zero-order valence-corrected chi connectivity index (χ0v) is 12.0. The van der Waals surface area contributed by atoms with Crippen molar-refractivity contribution in [1.29, 1.82) is 0 Å². The van der Waals surface area contributed by atoms with Crippen molar-refractivity contribution < 1.29 is 12.8 Å². The third kappa shape index (κ3) is 2.68. The van der Waals surface area contributed by atoms with Crippen molar-refractivity contribution >= 4 is 33.0 Å².